The van der Waals surface area contributed by atoms with Crippen molar-refractivity contribution in [1.82, 2.24) is 0 Å². The van der Waals surface area contributed by atoms with E-state index in [1.165, 1.54) is 22.3 Å². The van der Waals surface area contributed by atoms with Gasteiger partial charge in [0, 0.05) is 17.3 Å². The van der Waals surface area contributed by atoms with Crippen LogP contribution in [0.2, 0.25) is 0 Å². The lowest BCUT2D eigenvalue weighted by atomic mass is 9.96. The van der Waals surface area contributed by atoms with Crippen molar-refractivity contribution >= 4 is 11.9 Å². The second-order valence-corrected chi connectivity index (χ2v) is 3.70. The zero-order valence-electron chi connectivity index (χ0n) is 9.30. The van der Waals surface area contributed by atoms with Crippen LogP contribution in [-0.2, 0) is 12.8 Å². The molecule has 2 rings (SSSR count). The van der Waals surface area contributed by atoms with E-state index in [4.69, 9.17) is 0 Å². The van der Waals surface area contributed by atoms with Crippen LogP contribution in [0.4, 0.5) is 0 Å². The van der Waals surface area contributed by atoms with Gasteiger partial charge in [0.25, 0.3) is 0 Å². The zero-order chi connectivity index (χ0) is 10.8. The first kappa shape index (κ1) is 9.95. The predicted molar refractivity (Wildman–Crippen MR) is 65.3 cm³/mol. The largest absolute Gasteiger partial charge is 0.247 e. The molecule has 1 heteroatoms. The average molecular weight is 197 g/mol. The van der Waals surface area contributed by atoms with Gasteiger partial charge in [0.1, 0.15) is 5.70 Å². The number of benzene rings is 1. The van der Waals surface area contributed by atoms with Crippen molar-refractivity contribution in [2.75, 3.05) is 0 Å². The number of fused-ring (bicyclic) bond motifs is 1. The molecule has 0 amide bonds. The predicted octanol–water partition coefficient (Wildman–Crippen LogP) is 3.37. The summed E-state index contributed by atoms with van der Waals surface area (Å²) in [7, 11) is 0. The van der Waals surface area contributed by atoms with E-state index in [1.807, 2.05) is 6.21 Å². The Bertz CT molecular complexity index is 474. The van der Waals surface area contributed by atoms with Crippen LogP contribution in [-0.4, -0.2) is 6.21 Å². The summed E-state index contributed by atoms with van der Waals surface area (Å²) in [6, 6.07) is 4.47. The van der Waals surface area contributed by atoms with Crippen molar-refractivity contribution in [3.63, 3.8) is 0 Å². The fourth-order valence-electron chi connectivity index (χ4n) is 2.02. The number of hydrogen-bond acceptors (Lipinski definition) is 1. The molecule has 0 spiro atoms. The summed E-state index contributed by atoms with van der Waals surface area (Å²) in [6.07, 6.45) is 4.06. The van der Waals surface area contributed by atoms with Crippen molar-refractivity contribution in [3.8, 4) is 0 Å². The van der Waals surface area contributed by atoms with Crippen LogP contribution in [0.15, 0.2) is 29.4 Å². The third-order valence-electron chi connectivity index (χ3n) is 2.89. The smallest absolute Gasteiger partial charge is 0.112 e. The molecule has 0 N–H and O–H groups in total. The van der Waals surface area contributed by atoms with Gasteiger partial charge < -0.3 is 0 Å². The highest BCUT2D eigenvalue weighted by molar-refractivity contribution is 5.97. The molecule has 0 radical (unpaired) electrons. The fourth-order valence-corrected chi connectivity index (χ4v) is 2.02. The number of hydrogen-bond donors (Lipinski definition) is 0. The van der Waals surface area contributed by atoms with Gasteiger partial charge in [0.2, 0.25) is 0 Å². The first-order valence-corrected chi connectivity index (χ1v) is 5.40. The summed E-state index contributed by atoms with van der Waals surface area (Å²) < 4.78 is 0. The van der Waals surface area contributed by atoms with Gasteiger partial charge in [-0.15, -0.1) is 5.73 Å². The van der Waals surface area contributed by atoms with Crippen LogP contribution in [0.1, 0.15) is 36.1 Å². The van der Waals surface area contributed by atoms with Gasteiger partial charge in [0.15, 0.2) is 0 Å². The Morgan fingerprint density at radius 2 is 1.87 bits per heavy atom. The lowest BCUT2D eigenvalue weighted by molar-refractivity contribution is 1.03. The third kappa shape index (κ3) is 1.55. The van der Waals surface area contributed by atoms with Crippen LogP contribution >= 0.6 is 0 Å². The van der Waals surface area contributed by atoms with Crippen LogP contribution < -0.4 is 0 Å². The maximum atomic E-state index is 4.29. The van der Waals surface area contributed by atoms with E-state index < -0.39 is 0 Å². The summed E-state index contributed by atoms with van der Waals surface area (Å²) in [6.45, 7) is 8.04. The summed E-state index contributed by atoms with van der Waals surface area (Å²) in [5, 5.41) is 0. The molecule has 1 aliphatic rings. The lowest BCUT2D eigenvalue weighted by Gasteiger charge is -2.08. The van der Waals surface area contributed by atoms with E-state index in [-0.39, 0.29) is 0 Å². The third-order valence-corrected chi connectivity index (χ3v) is 2.89. The molecule has 15 heavy (non-hydrogen) atoms. The zero-order valence-corrected chi connectivity index (χ0v) is 9.30. The number of aliphatic imine (C=N–C) groups is 1. The topological polar surface area (TPSA) is 12.4 Å². The average Bonchev–Trinajstić information content (AvgIpc) is 2.68. The monoisotopic (exact) mass is 197 g/mol. The lowest BCUT2D eigenvalue weighted by Crippen LogP contribution is -1.95. The van der Waals surface area contributed by atoms with E-state index >= 15 is 0 Å². The fraction of sp³-hybridized carbons (Fsp3) is 0.286. The van der Waals surface area contributed by atoms with E-state index in [1.54, 1.807) is 0 Å². The molecule has 0 bridgehead atoms. The summed E-state index contributed by atoms with van der Waals surface area (Å²) in [5.74, 6) is 0. The van der Waals surface area contributed by atoms with Crippen LogP contribution in [0.5, 0.6) is 0 Å². The molecule has 0 aromatic heterocycles. The van der Waals surface area contributed by atoms with E-state index in [2.05, 4.69) is 43.3 Å². The van der Waals surface area contributed by atoms with Crippen molar-refractivity contribution in [2.45, 2.75) is 26.7 Å². The minimum atomic E-state index is 0.877. The Morgan fingerprint density at radius 3 is 2.47 bits per heavy atom. The number of aryl methyl sites for hydroxylation is 2. The number of rotatable bonds is 2. The molecular weight excluding hydrogens is 182 g/mol. The first-order valence-electron chi connectivity index (χ1n) is 5.40. The molecule has 1 heterocycles. The van der Waals surface area contributed by atoms with Crippen LogP contribution in [0, 0.1) is 0 Å². The van der Waals surface area contributed by atoms with Crippen molar-refractivity contribution < 1.29 is 0 Å². The van der Waals surface area contributed by atoms with Gasteiger partial charge in [-0.2, -0.15) is 0 Å². The first-order chi connectivity index (χ1) is 7.30. The van der Waals surface area contributed by atoms with Crippen molar-refractivity contribution in [3.05, 3.63) is 46.7 Å². The molecule has 0 fully saturated rings. The summed E-state index contributed by atoms with van der Waals surface area (Å²) in [5.41, 5.74) is 8.97. The molecule has 1 aromatic rings. The SMILES string of the molecule is C=C=C1N=Cc2cc(CC)c(CC)cc21. The highest BCUT2D eigenvalue weighted by Gasteiger charge is 2.14. The second kappa shape index (κ2) is 3.88. The molecule has 0 atom stereocenters. The second-order valence-electron chi connectivity index (χ2n) is 3.70. The Labute approximate surface area is 90.9 Å². The Morgan fingerprint density at radius 1 is 1.20 bits per heavy atom. The Hall–Kier alpha value is -1.59. The normalized spacial score (nSPS) is 12.8. The molecule has 0 unspecified atom stereocenters. The van der Waals surface area contributed by atoms with E-state index in [0.717, 1.165) is 18.5 Å². The van der Waals surface area contributed by atoms with Gasteiger partial charge >= 0.3 is 0 Å². The van der Waals surface area contributed by atoms with Gasteiger partial charge in [-0.25, -0.2) is 4.99 Å². The summed E-state index contributed by atoms with van der Waals surface area (Å²) in [4.78, 5) is 4.29. The molecule has 0 saturated carbocycles. The van der Waals surface area contributed by atoms with Crippen LogP contribution in [0.25, 0.3) is 5.70 Å². The van der Waals surface area contributed by atoms with E-state index in [9.17, 15) is 0 Å². The van der Waals surface area contributed by atoms with Crippen molar-refractivity contribution in [2.24, 2.45) is 4.99 Å². The van der Waals surface area contributed by atoms with Crippen LogP contribution in [0.3, 0.4) is 0 Å². The van der Waals surface area contributed by atoms with Crippen molar-refractivity contribution in [1.29, 1.82) is 0 Å². The van der Waals surface area contributed by atoms with Gasteiger partial charge in [-0.05, 0) is 36.1 Å². The maximum Gasteiger partial charge on any atom is 0.112 e. The molecule has 0 aliphatic carbocycles. The minimum Gasteiger partial charge on any atom is -0.247 e. The standard InChI is InChI=1S/C14H15N/c1-4-10-7-12-9-15-14(6-3)13(12)8-11(10)5-2/h7-9H,3-5H2,1-2H3. The molecule has 0 saturated heterocycles. The van der Waals surface area contributed by atoms with Gasteiger partial charge in [-0.3, -0.25) is 0 Å². The van der Waals surface area contributed by atoms with Gasteiger partial charge in [0.05, 0.1) is 0 Å². The molecule has 1 aliphatic heterocycles. The Balaban J connectivity index is 2.63. The molecule has 76 valence electrons. The highest BCUT2D eigenvalue weighted by Crippen LogP contribution is 2.28. The quantitative estimate of drug-likeness (QED) is 0.644. The van der Waals surface area contributed by atoms with Gasteiger partial charge in [-0.1, -0.05) is 20.4 Å². The summed E-state index contributed by atoms with van der Waals surface area (Å²) >= 11 is 0. The molecule has 1 aromatic carbocycles. The number of nitrogens with zero attached hydrogens (tertiary/aromatic N) is 1. The minimum absolute atomic E-state index is 0.877. The highest BCUT2D eigenvalue weighted by atomic mass is 14.8. The molecule has 1 nitrogen and oxygen atoms in total. The van der Waals surface area contributed by atoms with E-state index in [0.29, 0.717) is 0 Å². The Kier molecular flexibility index (Phi) is 2.57. The maximum absolute atomic E-state index is 4.29. The molecular formula is C14H15N.